The summed E-state index contributed by atoms with van der Waals surface area (Å²) in [6.07, 6.45) is 0.559. The molecule has 4 rings (SSSR count). The third-order valence-corrected chi connectivity index (χ3v) is 6.02. The van der Waals surface area contributed by atoms with Crippen molar-refractivity contribution < 1.29 is 14.7 Å². The van der Waals surface area contributed by atoms with Gasteiger partial charge in [0.15, 0.2) is 0 Å². The Bertz CT molecular complexity index is 1000. The average molecular weight is 389 g/mol. The van der Waals surface area contributed by atoms with Crippen molar-refractivity contribution in [1.29, 1.82) is 0 Å². The standard InChI is InChI=1S/C23H19NO3S/c25-22-21(14-16-10-12-18(13-11-16)23(26)27)28-20-9-5-4-8-19(20)24(22)15-17-6-2-1-3-7-17/h1-13,21H,14-15H2,(H,26,27). The second-order valence-corrected chi connectivity index (χ2v) is 7.93. The van der Waals surface area contributed by atoms with Gasteiger partial charge < -0.3 is 10.0 Å². The van der Waals surface area contributed by atoms with Crippen LogP contribution in [0.4, 0.5) is 5.69 Å². The summed E-state index contributed by atoms with van der Waals surface area (Å²) < 4.78 is 0. The van der Waals surface area contributed by atoms with Crippen LogP contribution >= 0.6 is 11.8 Å². The van der Waals surface area contributed by atoms with E-state index in [1.165, 1.54) is 0 Å². The largest absolute Gasteiger partial charge is 0.478 e. The first-order valence-corrected chi connectivity index (χ1v) is 9.93. The van der Waals surface area contributed by atoms with Gasteiger partial charge in [0.25, 0.3) is 0 Å². The molecule has 1 heterocycles. The van der Waals surface area contributed by atoms with Gasteiger partial charge in [-0.3, -0.25) is 4.79 Å². The first-order chi connectivity index (χ1) is 13.6. The number of nitrogens with zero attached hydrogens (tertiary/aromatic N) is 1. The number of hydrogen-bond acceptors (Lipinski definition) is 3. The molecule has 1 amide bonds. The molecule has 140 valence electrons. The zero-order chi connectivity index (χ0) is 19.5. The van der Waals surface area contributed by atoms with E-state index in [0.717, 1.165) is 21.7 Å². The van der Waals surface area contributed by atoms with Crippen molar-refractivity contribution in [3.8, 4) is 0 Å². The van der Waals surface area contributed by atoms with Gasteiger partial charge in [0.05, 0.1) is 23.0 Å². The van der Waals surface area contributed by atoms with Crippen molar-refractivity contribution in [3.63, 3.8) is 0 Å². The van der Waals surface area contributed by atoms with Crippen LogP contribution in [0.15, 0.2) is 83.8 Å². The van der Waals surface area contributed by atoms with Gasteiger partial charge in [-0.15, -0.1) is 11.8 Å². The first kappa shape index (κ1) is 18.3. The Kier molecular flexibility index (Phi) is 5.17. The number of para-hydroxylation sites is 1. The number of carbonyl (C=O) groups is 2. The number of hydrogen-bond donors (Lipinski definition) is 1. The molecule has 4 nitrogen and oxygen atoms in total. The van der Waals surface area contributed by atoms with Crippen molar-refractivity contribution in [1.82, 2.24) is 0 Å². The molecule has 0 saturated heterocycles. The second-order valence-electron chi connectivity index (χ2n) is 6.69. The van der Waals surface area contributed by atoms with Crippen molar-refractivity contribution in [3.05, 3.63) is 95.6 Å². The monoisotopic (exact) mass is 389 g/mol. The topological polar surface area (TPSA) is 57.6 Å². The van der Waals surface area contributed by atoms with Crippen LogP contribution < -0.4 is 4.90 Å². The summed E-state index contributed by atoms with van der Waals surface area (Å²) >= 11 is 1.58. The fraction of sp³-hybridized carbons (Fsp3) is 0.130. The molecule has 0 fully saturated rings. The van der Waals surface area contributed by atoms with E-state index < -0.39 is 5.97 Å². The Balaban J connectivity index is 1.61. The summed E-state index contributed by atoms with van der Waals surface area (Å²) in [6, 6.07) is 24.7. The minimum absolute atomic E-state index is 0.0786. The van der Waals surface area contributed by atoms with Crippen molar-refractivity contribution in [2.24, 2.45) is 0 Å². The highest BCUT2D eigenvalue weighted by Gasteiger charge is 2.33. The average Bonchev–Trinajstić information content (AvgIpc) is 2.72. The summed E-state index contributed by atoms with van der Waals surface area (Å²) in [5, 5.41) is 8.82. The highest BCUT2D eigenvalue weighted by atomic mass is 32.2. The quantitative estimate of drug-likeness (QED) is 0.691. The van der Waals surface area contributed by atoms with Gasteiger partial charge in [-0.2, -0.15) is 0 Å². The number of carboxylic acids is 1. The minimum Gasteiger partial charge on any atom is -0.478 e. The van der Waals surface area contributed by atoms with Crippen molar-refractivity contribution >= 4 is 29.3 Å². The molecule has 0 aromatic heterocycles. The number of fused-ring (bicyclic) bond motifs is 1. The maximum atomic E-state index is 13.3. The normalized spacial score (nSPS) is 15.9. The van der Waals surface area contributed by atoms with E-state index in [-0.39, 0.29) is 16.7 Å². The van der Waals surface area contributed by atoms with Crippen LogP contribution in [-0.4, -0.2) is 22.2 Å². The molecule has 1 unspecified atom stereocenters. The highest BCUT2D eigenvalue weighted by molar-refractivity contribution is 8.01. The van der Waals surface area contributed by atoms with E-state index in [9.17, 15) is 9.59 Å². The third-order valence-electron chi connectivity index (χ3n) is 4.77. The molecule has 1 atom stereocenters. The number of rotatable bonds is 5. The molecule has 1 N–H and O–H groups in total. The summed E-state index contributed by atoms with van der Waals surface area (Å²) in [5.41, 5.74) is 3.23. The molecule has 5 heteroatoms. The molecule has 3 aromatic carbocycles. The molecule has 1 aliphatic rings. The summed E-state index contributed by atoms with van der Waals surface area (Å²) in [5.74, 6) is -0.868. The number of anilines is 1. The zero-order valence-electron chi connectivity index (χ0n) is 15.1. The van der Waals surface area contributed by atoms with E-state index >= 15 is 0 Å². The van der Waals surface area contributed by atoms with E-state index in [1.54, 1.807) is 36.0 Å². The van der Waals surface area contributed by atoms with E-state index in [4.69, 9.17) is 5.11 Å². The molecule has 0 spiro atoms. The zero-order valence-corrected chi connectivity index (χ0v) is 15.9. The van der Waals surface area contributed by atoms with E-state index in [2.05, 4.69) is 0 Å². The lowest BCUT2D eigenvalue weighted by Crippen LogP contribution is -2.41. The van der Waals surface area contributed by atoms with Crippen LogP contribution in [-0.2, 0) is 17.8 Å². The maximum absolute atomic E-state index is 13.3. The number of carbonyl (C=O) groups excluding carboxylic acids is 1. The van der Waals surface area contributed by atoms with Crippen molar-refractivity contribution in [2.75, 3.05) is 4.90 Å². The van der Waals surface area contributed by atoms with Gasteiger partial charge in [-0.25, -0.2) is 4.79 Å². The molecule has 28 heavy (non-hydrogen) atoms. The van der Waals surface area contributed by atoms with Gasteiger partial charge >= 0.3 is 5.97 Å². The molecule has 0 radical (unpaired) electrons. The molecular weight excluding hydrogens is 370 g/mol. The lowest BCUT2D eigenvalue weighted by Gasteiger charge is -2.34. The third kappa shape index (κ3) is 3.80. The summed E-state index contributed by atoms with van der Waals surface area (Å²) in [7, 11) is 0. The Morgan fingerprint density at radius 3 is 2.29 bits per heavy atom. The summed E-state index contributed by atoms with van der Waals surface area (Å²) in [6.45, 7) is 0.533. The number of carboxylic acid groups (broad SMARTS) is 1. The van der Waals surface area contributed by atoms with E-state index in [0.29, 0.717) is 13.0 Å². The Morgan fingerprint density at radius 1 is 0.893 bits per heavy atom. The minimum atomic E-state index is -0.947. The summed E-state index contributed by atoms with van der Waals surface area (Å²) in [4.78, 5) is 27.3. The second kappa shape index (κ2) is 7.90. The lowest BCUT2D eigenvalue weighted by atomic mass is 10.1. The van der Waals surface area contributed by atoms with Crippen LogP contribution in [0.25, 0.3) is 0 Å². The first-order valence-electron chi connectivity index (χ1n) is 9.05. The van der Waals surface area contributed by atoms with Gasteiger partial charge in [0.2, 0.25) is 5.91 Å². The van der Waals surface area contributed by atoms with E-state index in [1.807, 2.05) is 59.5 Å². The van der Waals surface area contributed by atoms with Crippen LogP contribution in [0, 0.1) is 0 Å². The fourth-order valence-electron chi connectivity index (χ4n) is 3.33. The van der Waals surface area contributed by atoms with Crippen LogP contribution in [0.1, 0.15) is 21.5 Å². The van der Waals surface area contributed by atoms with Gasteiger partial charge in [-0.05, 0) is 41.8 Å². The SMILES string of the molecule is O=C(O)c1ccc(CC2Sc3ccccc3N(Cc3ccccc3)C2=O)cc1. The predicted molar refractivity (Wildman–Crippen MR) is 111 cm³/mol. The Labute approximate surface area is 167 Å². The number of aromatic carboxylic acids is 1. The molecule has 0 aliphatic carbocycles. The van der Waals surface area contributed by atoms with Gasteiger partial charge in [-0.1, -0.05) is 54.6 Å². The highest BCUT2D eigenvalue weighted by Crippen LogP contribution is 2.40. The van der Waals surface area contributed by atoms with Crippen LogP contribution in [0.3, 0.4) is 0 Å². The fourth-order valence-corrected chi connectivity index (χ4v) is 4.60. The van der Waals surface area contributed by atoms with Crippen LogP contribution in [0.2, 0.25) is 0 Å². The van der Waals surface area contributed by atoms with Gasteiger partial charge in [0, 0.05) is 4.90 Å². The van der Waals surface area contributed by atoms with Gasteiger partial charge in [0.1, 0.15) is 0 Å². The van der Waals surface area contributed by atoms with Crippen molar-refractivity contribution in [2.45, 2.75) is 23.1 Å². The molecule has 0 bridgehead atoms. The lowest BCUT2D eigenvalue weighted by molar-refractivity contribution is -0.118. The predicted octanol–water partition coefficient (Wildman–Crippen LogP) is 4.64. The number of benzene rings is 3. The maximum Gasteiger partial charge on any atom is 0.335 e. The molecular formula is C23H19NO3S. The molecule has 1 aliphatic heterocycles. The number of amides is 1. The molecule has 0 saturated carbocycles. The smallest absolute Gasteiger partial charge is 0.335 e. The van der Waals surface area contributed by atoms with Crippen LogP contribution in [0.5, 0.6) is 0 Å². The number of thioether (sulfide) groups is 1. The Hall–Kier alpha value is -3.05. The molecule has 3 aromatic rings. The Morgan fingerprint density at radius 2 is 1.57 bits per heavy atom.